The molecule has 1 aliphatic heterocycles. The molecule has 0 unspecified atom stereocenters. The molecule has 1 aromatic rings. The summed E-state index contributed by atoms with van der Waals surface area (Å²) in [5.41, 5.74) is 0. The lowest BCUT2D eigenvalue weighted by atomic mass is 9.99. The van der Waals surface area contributed by atoms with Crippen molar-refractivity contribution in [1.29, 1.82) is 0 Å². The summed E-state index contributed by atoms with van der Waals surface area (Å²) in [6.45, 7) is 2.63. The van der Waals surface area contributed by atoms with E-state index in [1.807, 2.05) is 37.3 Å². The fraction of sp³-hybridized carbons (Fsp3) is 0.429. The van der Waals surface area contributed by atoms with Crippen LogP contribution in [0.25, 0.3) is 0 Å². The maximum absolute atomic E-state index is 11.5. The van der Waals surface area contributed by atoms with Crippen molar-refractivity contribution in [3.8, 4) is 5.75 Å². The van der Waals surface area contributed by atoms with Crippen molar-refractivity contribution >= 4 is 12.4 Å². The average Bonchev–Trinajstić information content (AvgIpc) is 2.81. The third-order valence-corrected chi connectivity index (χ3v) is 3.32. The molecule has 1 aromatic carbocycles. The molecule has 0 saturated carbocycles. The monoisotopic (exact) mass is 262 g/mol. The summed E-state index contributed by atoms with van der Waals surface area (Å²) in [4.78, 5) is 15.8. The predicted octanol–water partition coefficient (Wildman–Crippen LogP) is 1.24. The Labute approximate surface area is 112 Å². The van der Waals surface area contributed by atoms with Crippen molar-refractivity contribution in [2.24, 2.45) is 10.9 Å². The maximum Gasteiger partial charge on any atom is 0.323 e. The van der Waals surface area contributed by atoms with E-state index in [-0.39, 0.29) is 24.0 Å². The van der Waals surface area contributed by atoms with Crippen molar-refractivity contribution < 1.29 is 14.3 Å². The zero-order chi connectivity index (χ0) is 13.7. The van der Waals surface area contributed by atoms with E-state index in [2.05, 4.69) is 10.3 Å². The highest BCUT2D eigenvalue weighted by atomic mass is 16.5. The smallest absolute Gasteiger partial charge is 0.323 e. The van der Waals surface area contributed by atoms with Crippen molar-refractivity contribution in [2.75, 3.05) is 13.7 Å². The molecular weight excluding hydrogens is 244 g/mol. The minimum Gasteiger partial charge on any atom is -0.468 e. The van der Waals surface area contributed by atoms with E-state index in [0.29, 0.717) is 6.54 Å². The lowest BCUT2D eigenvalue weighted by molar-refractivity contribution is -0.143. The zero-order valence-electron chi connectivity index (χ0n) is 11.1. The molecule has 2 rings (SSSR count). The molecular formula is C14H18N2O3. The van der Waals surface area contributed by atoms with Crippen LogP contribution in [0, 0.1) is 5.92 Å². The first kappa shape index (κ1) is 13.5. The molecule has 0 spiro atoms. The number of ether oxygens (including phenoxy) is 2. The molecule has 0 radical (unpaired) electrons. The molecule has 3 atom stereocenters. The quantitative estimate of drug-likeness (QED) is 0.504. The van der Waals surface area contributed by atoms with E-state index in [4.69, 9.17) is 9.47 Å². The minimum absolute atomic E-state index is 0.0211. The normalized spacial score (nSPS) is 26.5. The van der Waals surface area contributed by atoms with Crippen molar-refractivity contribution in [2.45, 2.75) is 19.0 Å². The molecule has 0 bridgehead atoms. The molecule has 102 valence electrons. The van der Waals surface area contributed by atoms with Gasteiger partial charge in [-0.2, -0.15) is 0 Å². The van der Waals surface area contributed by atoms with Crippen LogP contribution >= 0.6 is 0 Å². The topological polar surface area (TPSA) is 59.9 Å². The number of hydrogen-bond acceptors (Lipinski definition) is 5. The largest absolute Gasteiger partial charge is 0.468 e. The van der Waals surface area contributed by atoms with Gasteiger partial charge in [-0.15, -0.1) is 0 Å². The van der Waals surface area contributed by atoms with Crippen LogP contribution in [0.5, 0.6) is 5.75 Å². The zero-order valence-corrected chi connectivity index (χ0v) is 11.1. The van der Waals surface area contributed by atoms with Gasteiger partial charge in [0.15, 0.2) is 6.40 Å². The molecule has 19 heavy (non-hydrogen) atoms. The number of esters is 1. The Balaban J connectivity index is 1.88. The van der Waals surface area contributed by atoms with E-state index in [9.17, 15) is 4.79 Å². The Hall–Kier alpha value is -1.88. The molecule has 0 aliphatic carbocycles. The number of aliphatic imine (C=N–C) groups is 1. The van der Waals surface area contributed by atoms with Crippen molar-refractivity contribution in [1.82, 2.24) is 5.32 Å². The molecule has 1 aliphatic rings. The Morgan fingerprint density at radius 1 is 1.42 bits per heavy atom. The second kappa shape index (κ2) is 6.33. The summed E-state index contributed by atoms with van der Waals surface area (Å²) in [7, 11) is 1.39. The van der Waals surface area contributed by atoms with Gasteiger partial charge in [-0.1, -0.05) is 25.1 Å². The lowest BCUT2D eigenvalue weighted by Gasteiger charge is -2.14. The summed E-state index contributed by atoms with van der Waals surface area (Å²) < 4.78 is 10.1. The number of carbonyl (C=O) groups excluding carboxylic acids is 1. The molecule has 1 fully saturated rings. The maximum atomic E-state index is 11.5. The van der Waals surface area contributed by atoms with Crippen LogP contribution in [0.1, 0.15) is 6.92 Å². The van der Waals surface area contributed by atoms with Gasteiger partial charge in [-0.05, 0) is 12.1 Å². The fourth-order valence-corrected chi connectivity index (χ4v) is 2.12. The van der Waals surface area contributed by atoms with Crippen molar-refractivity contribution in [3.05, 3.63) is 30.3 Å². The number of nitrogens with zero attached hydrogens (tertiary/aromatic N) is 1. The van der Waals surface area contributed by atoms with Gasteiger partial charge < -0.3 is 14.8 Å². The molecule has 0 amide bonds. The first-order chi connectivity index (χ1) is 9.22. The van der Waals surface area contributed by atoms with Crippen LogP contribution < -0.4 is 10.1 Å². The van der Waals surface area contributed by atoms with Crippen LogP contribution in [-0.4, -0.2) is 38.1 Å². The van der Waals surface area contributed by atoms with Gasteiger partial charge in [0.2, 0.25) is 0 Å². The number of carbonyl (C=O) groups is 1. The SMILES string of the molecule is COC(=O)[C@H]1NC[C@@H](N=COc2ccccc2)[C@H]1C. The lowest BCUT2D eigenvalue weighted by Crippen LogP contribution is -2.36. The van der Waals surface area contributed by atoms with Crippen LogP contribution in [0.15, 0.2) is 35.3 Å². The van der Waals surface area contributed by atoms with Crippen LogP contribution in [-0.2, 0) is 9.53 Å². The van der Waals surface area contributed by atoms with Gasteiger partial charge in [0, 0.05) is 12.5 Å². The predicted molar refractivity (Wildman–Crippen MR) is 72.3 cm³/mol. The van der Waals surface area contributed by atoms with Gasteiger partial charge in [-0.3, -0.25) is 9.79 Å². The van der Waals surface area contributed by atoms with Crippen LogP contribution in [0.3, 0.4) is 0 Å². The summed E-state index contributed by atoms with van der Waals surface area (Å²) in [5, 5.41) is 3.11. The van der Waals surface area contributed by atoms with E-state index < -0.39 is 0 Å². The van der Waals surface area contributed by atoms with E-state index >= 15 is 0 Å². The highest BCUT2D eigenvalue weighted by Crippen LogP contribution is 2.19. The van der Waals surface area contributed by atoms with Crippen LogP contribution in [0.2, 0.25) is 0 Å². The van der Waals surface area contributed by atoms with Gasteiger partial charge >= 0.3 is 5.97 Å². The van der Waals surface area contributed by atoms with Crippen molar-refractivity contribution in [3.63, 3.8) is 0 Å². The molecule has 5 nitrogen and oxygen atoms in total. The van der Waals surface area contributed by atoms with Crippen LogP contribution in [0.4, 0.5) is 0 Å². The Morgan fingerprint density at radius 2 is 2.16 bits per heavy atom. The van der Waals surface area contributed by atoms with E-state index in [0.717, 1.165) is 5.75 Å². The summed E-state index contributed by atoms with van der Waals surface area (Å²) in [5.74, 6) is 0.589. The van der Waals surface area contributed by atoms with Gasteiger partial charge in [-0.25, -0.2) is 0 Å². The standard InChI is InChI=1S/C14H18N2O3/c1-10-12(8-15-13(10)14(17)18-2)16-9-19-11-6-4-3-5-7-11/h3-7,9-10,12-13,15H,8H2,1-2H3/t10-,12-,13+/m1/s1. The molecule has 1 saturated heterocycles. The Kier molecular flexibility index (Phi) is 4.52. The van der Waals surface area contributed by atoms with E-state index in [1.54, 1.807) is 0 Å². The Morgan fingerprint density at radius 3 is 2.84 bits per heavy atom. The number of rotatable bonds is 4. The summed E-state index contributed by atoms with van der Waals surface area (Å²) in [6.07, 6.45) is 1.44. The second-order valence-corrected chi connectivity index (χ2v) is 4.52. The van der Waals surface area contributed by atoms with Gasteiger partial charge in [0.05, 0.1) is 13.2 Å². The number of nitrogens with one attached hydrogen (secondary N) is 1. The molecule has 1 N–H and O–H groups in total. The minimum atomic E-state index is -0.288. The number of para-hydroxylation sites is 1. The summed E-state index contributed by atoms with van der Waals surface area (Å²) >= 11 is 0. The third kappa shape index (κ3) is 3.32. The number of methoxy groups -OCH3 is 1. The molecule has 1 heterocycles. The number of benzene rings is 1. The second-order valence-electron chi connectivity index (χ2n) is 4.52. The highest BCUT2D eigenvalue weighted by Gasteiger charge is 2.37. The number of hydrogen-bond donors (Lipinski definition) is 1. The molecule has 0 aromatic heterocycles. The Bertz CT molecular complexity index is 447. The first-order valence-electron chi connectivity index (χ1n) is 6.27. The third-order valence-electron chi connectivity index (χ3n) is 3.32. The highest BCUT2D eigenvalue weighted by molar-refractivity contribution is 5.76. The molecule has 5 heteroatoms. The fourth-order valence-electron chi connectivity index (χ4n) is 2.12. The van der Waals surface area contributed by atoms with E-state index in [1.165, 1.54) is 13.5 Å². The summed E-state index contributed by atoms with van der Waals surface area (Å²) in [6, 6.07) is 9.18. The first-order valence-corrected chi connectivity index (χ1v) is 6.27. The van der Waals surface area contributed by atoms with Gasteiger partial charge in [0.1, 0.15) is 11.8 Å². The average molecular weight is 262 g/mol. The van der Waals surface area contributed by atoms with Gasteiger partial charge in [0.25, 0.3) is 0 Å².